The minimum absolute atomic E-state index is 0.0794. The van der Waals surface area contributed by atoms with Crippen LogP contribution in [0.3, 0.4) is 0 Å². The predicted octanol–water partition coefficient (Wildman–Crippen LogP) is 1.29. The average molecular weight is 233 g/mol. The third-order valence-corrected chi connectivity index (χ3v) is 3.26. The molecule has 3 N–H and O–H groups in total. The van der Waals surface area contributed by atoms with Crippen molar-refractivity contribution in [2.75, 3.05) is 23.7 Å². The summed E-state index contributed by atoms with van der Waals surface area (Å²) in [5.74, 6) is 0.112. The van der Waals surface area contributed by atoms with Gasteiger partial charge in [-0.25, -0.2) is 0 Å². The molecule has 2 rings (SSSR count). The predicted molar refractivity (Wildman–Crippen MR) is 70.0 cm³/mol. The Bertz CT molecular complexity index is 431. The van der Waals surface area contributed by atoms with Crippen molar-refractivity contribution in [3.63, 3.8) is 0 Å². The van der Waals surface area contributed by atoms with E-state index >= 15 is 0 Å². The van der Waals surface area contributed by atoms with E-state index in [2.05, 4.69) is 10.2 Å². The Labute approximate surface area is 102 Å². The molecule has 1 heterocycles. The minimum atomic E-state index is -0.0794. The van der Waals surface area contributed by atoms with Crippen molar-refractivity contribution >= 4 is 17.3 Å². The van der Waals surface area contributed by atoms with Gasteiger partial charge >= 0.3 is 0 Å². The molecule has 0 bridgehead atoms. The highest BCUT2D eigenvalue weighted by molar-refractivity contribution is 5.87. The first-order chi connectivity index (χ1) is 8.13. The van der Waals surface area contributed by atoms with Crippen LogP contribution in [-0.4, -0.2) is 25.0 Å². The molecule has 0 spiro atoms. The number of nitrogens with zero attached hydrogens (tertiary/aromatic N) is 1. The number of amides is 1. The molecule has 1 saturated heterocycles. The first-order valence-corrected chi connectivity index (χ1v) is 6.04. The Hall–Kier alpha value is -1.71. The van der Waals surface area contributed by atoms with E-state index in [4.69, 9.17) is 5.73 Å². The number of carbonyl (C=O) groups excluding carboxylic acids is 1. The van der Waals surface area contributed by atoms with Crippen molar-refractivity contribution in [1.29, 1.82) is 0 Å². The van der Waals surface area contributed by atoms with Crippen LogP contribution in [0.25, 0.3) is 0 Å². The zero-order chi connectivity index (χ0) is 12.4. The van der Waals surface area contributed by atoms with Gasteiger partial charge in [0.15, 0.2) is 0 Å². The second-order valence-corrected chi connectivity index (χ2v) is 4.45. The third-order valence-electron chi connectivity index (χ3n) is 3.26. The number of piperazine rings is 1. The topological polar surface area (TPSA) is 58.4 Å². The van der Waals surface area contributed by atoms with Gasteiger partial charge in [-0.3, -0.25) is 4.79 Å². The smallest absolute Gasteiger partial charge is 0.242 e. The highest BCUT2D eigenvalue weighted by atomic mass is 16.2. The van der Waals surface area contributed by atoms with Crippen molar-refractivity contribution in [1.82, 2.24) is 5.32 Å². The standard InChI is InChI=1S/C13H19N3O/c1-3-11-13(17)15-6-7-16(11)12-8-10(14)5-4-9(12)2/h4-5,8,11H,3,6-7,14H2,1-2H3,(H,15,17). The second kappa shape index (κ2) is 4.65. The molecule has 0 aromatic heterocycles. The largest absolute Gasteiger partial charge is 0.399 e. The summed E-state index contributed by atoms with van der Waals surface area (Å²) in [6, 6.07) is 5.77. The molecule has 0 aliphatic carbocycles. The van der Waals surface area contributed by atoms with Crippen molar-refractivity contribution in [2.24, 2.45) is 0 Å². The first-order valence-electron chi connectivity index (χ1n) is 6.04. The number of aryl methyl sites for hydroxylation is 1. The van der Waals surface area contributed by atoms with E-state index in [1.807, 2.05) is 32.0 Å². The lowest BCUT2D eigenvalue weighted by Gasteiger charge is -2.37. The Morgan fingerprint density at radius 2 is 2.29 bits per heavy atom. The number of nitrogens with one attached hydrogen (secondary N) is 1. The number of hydrogen-bond donors (Lipinski definition) is 2. The van der Waals surface area contributed by atoms with Gasteiger partial charge in [0.2, 0.25) is 5.91 Å². The molecule has 0 saturated carbocycles. The lowest BCUT2D eigenvalue weighted by Crippen LogP contribution is -2.55. The van der Waals surface area contributed by atoms with E-state index in [-0.39, 0.29) is 11.9 Å². The molecule has 1 aliphatic rings. The van der Waals surface area contributed by atoms with Gasteiger partial charge < -0.3 is 16.0 Å². The number of rotatable bonds is 2. The number of nitrogen functional groups attached to an aromatic ring is 1. The maximum Gasteiger partial charge on any atom is 0.242 e. The Balaban J connectivity index is 2.36. The first kappa shape index (κ1) is 11.8. The molecule has 92 valence electrons. The summed E-state index contributed by atoms with van der Waals surface area (Å²) in [6.07, 6.45) is 0.806. The van der Waals surface area contributed by atoms with Crippen LogP contribution in [0.15, 0.2) is 18.2 Å². The molecule has 1 unspecified atom stereocenters. The zero-order valence-electron chi connectivity index (χ0n) is 10.4. The number of carbonyl (C=O) groups is 1. The van der Waals surface area contributed by atoms with Gasteiger partial charge in [0.25, 0.3) is 0 Å². The molecule has 1 fully saturated rings. The fraction of sp³-hybridized carbons (Fsp3) is 0.462. The molecule has 1 atom stereocenters. The van der Waals surface area contributed by atoms with Gasteiger partial charge in [-0.05, 0) is 31.0 Å². The Morgan fingerprint density at radius 1 is 1.53 bits per heavy atom. The van der Waals surface area contributed by atoms with Crippen LogP contribution >= 0.6 is 0 Å². The SMILES string of the molecule is CCC1C(=O)NCCN1c1cc(N)ccc1C. The molecular formula is C13H19N3O. The number of nitrogens with two attached hydrogens (primary N) is 1. The van der Waals surface area contributed by atoms with Gasteiger partial charge in [0, 0.05) is 24.5 Å². The maximum absolute atomic E-state index is 11.8. The highest BCUT2D eigenvalue weighted by Gasteiger charge is 2.28. The number of benzene rings is 1. The molecule has 1 amide bonds. The van der Waals surface area contributed by atoms with E-state index < -0.39 is 0 Å². The van der Waals surface area contributed by atoms with Crippen molar-refractivity contribution in [3.05, 3.63) is 23.8 Å². The van der Waals surface area contributed by atoms with Gasteiger partial charge in [-0.15, -0.1) is 0 Å². The van der Waals surface area contributed by atoms with Gasteiger partial charge in [-0.1, -0.05) is 13.0 Å². The lowest BCUT2D eigenvalue weighted by molar-refractivity contribution is -0.123. The van der Waals surface area contributed by atoms with Gasteiger partial charge in [-0.2, -0.15) is 0 Å². The third kappa shape index (κ3) is 2.20. The average Bonchev–Trinajstić information content (AvgIpc) is 2.32. The van der Waals surface area contributed by atoms with Crippen molar-refractivity contribution in [2.45, 2.75) is 26.3 Å². The summed E-state index contributed by atoms with van der Waals surface area (Å²) < 4.78 is 0. The fourth-order valence-electron chi connectivity index (χ4n) is 2.34. The number of hydrogen-bond acceptors (Lipinski definition) is 3. The molecule has 4 nitrogen and oxygen atoms in total. The molecule has 1 aromatic carbocycles. The Kier molecular flexibility index (Phi) is 3.22. The van der Waals surface area contributed by atoms with Crippen LogP contribution in [0.5, 0.6) is 0 Å². The summed E-state index contributed by atoms with van der Waals surface area (Å²) >= 11 is 0. The molecule has 4 heteroatoms. The van der Waals surface area contributed by atoms with Crippen LogP contribution in [0.1, 0.15) is 18.9 Å². The van der Waals surface area contributed by atoms with Crippen LogP contribution in [0.2, 0.25) is 0 Å². The summed E-state index contributed by atoms with van der Waals surface area (Å²) in [5.41, 5.74) is 8.81. The zero-order valence-corrected chi connectivity index (χ0v) is 10.4. The van der Waals surface area contributed by atoms with E-state index in [0.29, 0.717) is 6.54 Å². The molecule has 17 heavy (non-hydrogen) atoms. The summed E-state index contributed by atoms with van der Waals surface area (Å²) in [6.45, 7) is 5.62. The fourth-order valence-corrected chi connectivity index (χ4v) is 2.34. The number of anilines is 2. The molecule has 1 aliphatic heterocycles. The van der Waals surface area contributed by atoms with E-state index in [1.54, 1.807) is 0 Å². The lowest BCUT2D eigenvalue weighted by atomic mass is 10.1. The van der Waals surface area contributed by atoms with Crippen LogP contribution in [0, 0.1) is 6.92 Å². The maximum atomic E-state index is 11.8. The van der Waals surface area contributed by atoms with Crippen LogP contribution in [-0.2, 0) is 4.79 Å². The van der Waals surface area contributed by atoms with E-state index in [1.165, 1.54) is 0 Å². The van der Waals surface area contributed by atoms with Crippen molar-refractivity contribution < 1.29 is 4.79 Å². The monoisotopic (exact) mass is 233 g/mol. The Morgan fingerprint density at radius 3 is 3.00 bits per heavy atom. The summed E-state index contributed by atoms with van der Waals surface area (Å²) in [5, 5.41) is 2.90. The molecule has 0 radical (unpaired) electrons. The van der Waals surface area contributed by atoms with Gasteiger partial charge in [0.1, 0.15) is 6.04 Å². The van der Waals surface area contributed by atoms with Gasteiger partial charge in [0.05, 0.1) is 0 Å². The van der Waals surface area contributed by atoms with E-state index in [0.717, 1.165) is 29.9 Å². The summed E-state index contributed by atoms with van der Waals surface area (Å²) in [4.78, 5) is 14.0. The van der Waals surface area contributed by atoms with E-state index in [9.17, 15) is 4.79 Å². The van der Waals surface area contributed by atoms with Crippen LogP contribution in [0.4, 0.5) is 11.4 Å². The highest BCUT2D eigenvalue weighted by Crippen LogP contribution is 2.26. The second-order valence-electron chi connectivity index (χ2n) is 4.45. The molecular weight excluding hydrogens is 214 g/mol. The minimum Gasteiger partial charge on any atom is -0.399 e. The normalized spacial score (nSPS) is 20.2. The van der Waals surface area contributed by atoms with Crippen LogP contribution < -0.4 is 16.0 Å². The quantitative estimate of drug-likeness (QED) is 0.757. The summed E-state index contributed by atoms with van der Waals surface area (Å²) in [7, 11) is 0. The molecule has 1 aromatic rings. The van der Waals surface area contributed by atoms with Crippen molar-refractivity contribution in [3.8, 4) is 0 Å².